The van der Waals surface area contributed by atoms with Crippen molar-refractivity contribution >= 4 is 33.4 Å². The van der Waals surface area contributed by atoms with Crippen molar-refractivity contribution in [1.29, 1.82) is 0 Å². The van der Waals surface area contributed by atoms with E-state index in [1.54, 1.807) is 32.9 Å². The fourth-order valence-corrected chi connectivity index (χ4v) is 4.25. The van der Waals surface area contributed by atoms with Gasteiger partial charge in [0.1, 0.15) is 0 Å². The quantitative estimate of drug-likeness (QED) is 0.643. The molecule has 0 saturated heterocycles. The molecule has 0 bridgehead atoms. The van der Waals surface area contributed by atoms with Gasteiger partial charge in [0.15, 0.2) is 0 Å². The lowest BCUT2D eigenvalue weighted by molar-refractivity contribution is -0.115. The lowest BCUT2D eigenvalue weighted by Gasteiger charge is -2.12. The first-order valence-electron chi connectivity index (χ1n) is 8.68. The van der Waals surface area contributed by atoms with Crippen molar-refractivity contribution in [2.45, 2.75) is 60.9 Å². The monoisotopic (exact) mass is 410 g/mol. The van der Waals surface area contributed by atoms with Gasteiger partial charge in [0.2, 0.25) is 21.8 Å². The maximum absolute atomic E-state index is 12.3. The van der Waals surface area contributed by atoms with Gasteiger partial charge in [-0.05, 0) is 57.9 Å². The summed E-state index contributed by atoms with van der Waals surface area (Å²) in [6, 6.07) is 5.83. The van der Waals surface area contributed by atoms with Crippen molar-refractivity contribution < 1.29 is 17.6 Å². The van der Waals surface area contributed by atoms with Crippen LogP contribution in [0.2, 0.25) is 0 Å². The number of rotatable bonds is 8. The Morgan fingerprint density at radius 3 is 2.44 bits per heavy atom. The van der Waals surface area contributed by atoms with Crippen LogP contribution in [0, 0.1) is 0 Å². The number of anilines is 1. The van der Waals surface area contributed by atoms with Gasteiger partial charge in [-0.15, -0.1) is 10.2 Å². The summed E-state index contributed by atoms with van der Waals surface area (Å²) in [5, 5.41) is 10.7. The molecule has 0 unspecified atom stereocenters. The molecule has 8 nitrogen and oxygen atoms in total. The molecular weight excluding hydrogens is 388 g/mol. The molecule has 1 heterocycles. The van der Waals surface area contributed by atoms with Crippen LogP contribution in [0.5, 0.6) is 0 Å². The number of amides is 1. The molecule has 2 N–H and O–H groups in total. The molecule has 1 aliphatic rings. The summed E-state index contributed by atoms with van der Waals surface area (Å²) in [5.41, 5.74) is 0.514. The third kappa shape index (κ3) is 5.30. The van der Waals surface area contributed by atoms with Crippen molar-refractivity contribution in [3.63, 3.8) is 0 Å². The number of nitrogens with one attached hydrogen (secondary N) is 2. The van der Waals surface area contributed by atoms with Crippen LogP contribution in [0.4, 0.5) is 5.69 Å². The first-order chi connectivity index (χ1) is 12.7. The Balaban J connectivity index is 1.57. The highest BCUT2D eigenvalue weighted by Gasteiger charge is 2.30. The highest BCUT2D eigenvalue weighted by atomic mass is 32.2. The summed E-state index contributed by atoms with van der Waals surface area (Å²) in [5.74, 6) is 0.773. The van der Waals surface area contributed by atoms with Crippen molar-refractivity contribution in [3.05, 3.63) is 30.2 Å². The molecule has 1 aromatic carbocycles. The van der Waals surface area contributed by atoms with E-state index in [-0.39, 0.29) is 16.8 Å². The Kier molecular flexibility index (Phi) is 5.87. The van der Waals surface area contributed by atoms with E-state index in [9.17, 15) is 13.2 Å². The Bertz CT molecular complexity index is 905. The smallest absolute Gasteiger partial charge is 0.277 e. The molecule has 1 saturated carbocycles. The SMILES string of the molecule is CC(C)NS(=O)(=O)c1ccc(NC(=O)[C@H](C)Sc2nnc(C3CC3)o2)cc1. The van der Waals surface area contributed by atoms with Crippen LogP contribution in [0.15, 0.2) is 38.8 Å². The molecule has 10 heteroatoms. The first-order valence-corrected chi connectivity index (χ1v) is 11.0. The van der Waals surface area contributed by atoms with E-state index < -0.39 is 15.3 Å². The maximum atomic E-state index is 12.3. The van der Waals surface area contributed by atoms with Crippen molar-refractivity contribution in [3.8, 4) is 0 Å². The van der Waals surface area contributed by atoms with Crippen molar-refractivity contribution in [1.82, 2.24) is 14.9 Å². The third-order valence-corrected chi connectivity index (χ3v) is 6.43. The predicted octanol–water partition coefficient (Wildman–Crippen LogP) is 2.75. The van der Waals surface area contributed by atoms with Crippen LogP contribution in [-0.4, -0.2) is 35.8 Å². The average Bonchev–Trinajstić information content (AvgIpc) is 3.34. The van der Waals surface area contributed by atoms with E-state index in [0.29, 0.717) is 22.7 Å². The average molecular weight is 411 g/mol. The topological polar surface area (TPSA) is 114 Å². The van der Waals surface area contributed by atoms with Crippen molar-refractivity contribution in [2.24, 2.45) is 0 Å². The van der Waals surface area contributed by atoms with Gasteiger partial charge in [-0.1, -0.05) is 11.8 Å². The minimum atomic E-state index is -3.56. The zero-order valence-corrected chi connectivity index (χ0v) is 16.9. The molecule has 1 aliphatic carbocycles. The van der Waals surface area contributed by atoms with Gasteiger partial charge in [0.05, 0.1) is 10.1 Å². The molecule has 146 valence electrons. The lowest BCUT2D eigenvalue weighted by Crippen LogP contribution is -2.30. The molecule has 3 rings (SSSR count). The number of nitrogens with zero attached hydrogens (tertiary/aromatic N) is 2. The highest BCUT2D eigenvalue weighted by molar-refractivity contribution is 8.00. The first kappa shape index (κ1) is 19.8. The summed E-state index contributed by atoms with van der Waals surface area (Å²) in [6.07, 6.45) is 2.14. The Labute approximate surface area is 162 Å². The molecule has 27 heavy (non-hydrogen) atoms. The Morgan fingerprint density at radius 2 is 1.85 bits per heavy atom. The number of carbonyl (C=O) groups is 1. The lowest BCUT2D eigenvalue weighted by atomic mass is 10.3. The maximum Gasteiger partial charge on any atom is 0.277 e. The molecule has 1 amide bonds. The molecule has 1 atom stereocenters. The van der Waals surface area contributed by atoms with Gasteiger partial charge < -0.3 is 9.73 Å². The summed E-state index contributed by atoms with van der Waals surface area (Å²) in [6.45, 7) is 5.25. The summed E-state index contributed by atoms with van der Waals surface area (Å²) in [7, 11) is -3.56. The number of hydrogen-bond acceptors (Lipinski definition) is 7. The molecular formula is C17H22N4O4S2. The van der Waals surface area contributed by atoms with Gasteiger partial charge in [-0.2, -0.15) is 0 Å². The minimum absolute atomic E-state index is 0.148. The van der Waals surface area contributed by atoms with E-state index >= 15 is 0 Å². The summed E-state index contributed by atoms with van der Waals surface area (Å²) in [4.78, 5) is 12.5. The second kappa shape index (κ2) is 7.99. The van der Waals surface area contributed by atoms with Crippen molar-refractivity contribution in [2.75, 3.05) is 5.32 Å². The number of carbonyl (C=O) groups excluding carboxylic acids is 1. The van der Waals surface area contributed by atoms with Crippen LogP contribution in [0.3, 0.4) is 0 Å². The van der Waals surface area contributed by atoms with E-state index in [1.165, 1.54) is 23.9 Å². The van der Waals surface area contributed by atoms with Crippen LogP contribution in [0.25, 0.3) is 0 Å². The number of hydrogen-bond donors (Lipinski definition) is 2. The van der Waals surface area contributed by atoms with Gasteiger partial charge in [-0.3, -0.25) is 4.79 Å². The van der Waals surface area contributed by atoms with Crippen LogP contribution < -0.4 is 10.0 Å². The zero-order chi connectivity index (χ0) is 19.6. The van der Waals surface area contributed by atoms with E-state index in [1.807, 2.05) is 0 Å². The largest absolute Gasteiger partial charge is 0.416 e. The zero-order valence-electron chi connectivity index (χ0n) is 15.3. The summed E-state index contributed by atoms with van der Waals surface area (Å²) < 4.78 is 32.3. The highest BCUT2D eigenvalue weighted by Crippen LogP contribution is 2.40. The second-order valence-electron chi connectivity index (χ2n) is 6.73. The fourth-order valence-electron chi connectivity index (χ4n) is 2.31. The molecule has 0 radical (unpaired) electrons. The number of thioether (sulfide) groups is 1. The van der Waals surface area contributed by atoms with Gasteiger partial charge in [-0.25, -0.2) is 13.1 Å². The van der Waals surface area contributed by atoms with Gasteiger partial charge in [0.25, 0.3) is 5.22 Å². The second-order valence-corrected chi connectivity index (χ2v) is 9.74. The third-order valence-electron chi connectivity index (χ3n) is 3.82. The van der Waals surface area contributed by atoms with Crippen LogP contribution in [0.1, 0.15) is 45.4 Å². The number of aromatic nitrogens is 2. The van der Waals surface area contributed by atoms with E-state index in [4.69, 9.17) is 4.42 Å². The van der Waals surface area contributed by atoms with Gasteiger partial charge in [0, 0.05) is 17.6 Å². The van der Waals surface area contributed by atoms with E-state index in [0.717, 1.165) is 12.8 Å². The minimum Gasteiger partial charge on any atom is -0.416 e. The number of sulfonamides is 1. The normalized spacial score (nSPS) is 15.7. The number of benzene rings is 1. The van der Waals surface area contributed by atoms with Crippen LogP contribution in [-0.2, 0) is 14.8 Å². The van der Waals surface area contributed by atoms with Crippen LogP contribution >= 0.6 is 11.8 Å². The fraction of sp³-hybridized carbons (Fsp3) is 0.471. The van der Waals surface area contributed by atoms with E-state index in [2.05, 4.69) is 20.2 Å². The standard InChI is InChI=1S/C17H22N4O4S2/c1-10(2)21-27(23,24)14-8-6-13(7-9-14)18-15(22)11(3)26-17-20-19-16(25-17)12-4-5-12/h6-12,21H,4-5H2,1-3H3,(H,18,22)/t11-/m0/s1. The molecule has 0 spiro atoms. The Morgan fingerprint density at radius 1 is 1.19 bits per heavy atom. The Hall–Kier alpha value is -1.91. The molecule has 2 aromatic rings. The predicted molar refractivity (Wildman–Crippen MR) is 102 cm³/mol. The summed E-state index contributed by atoms with van der Waals surface area (Å²) >= 11 is 1.19. The molecule has 1 aromatic heterocycles. The van der Waals surface area contributed by atoms with Gasteiger partial charge >= 0.3 is 0 Å². The molecule has 1 fully saturated rings. The molecule has 0 aliphatic heterocycles.